The molecule has 1 aromatic rings. The van der Waals surface area contributed by atoms with Crippen LogP contribution in [-0.4, -0.2) is 6.04 Å². The first kappa shape index (κ1) is 12.4. The van der Waals surface area contributed by atoms with Crippen LogP contribution in [0.15, 0.2) is 22.7 Å². The number of halogens is 4. The van der Waals surface area contributed by atoms with Gasteiger partial charge in [0.05, 0.1) is 5.56 Å². The van der Waals surface area contributed by atoms with E-state index in [1.54, 1.807) is 0 Å². The topological polar surface area (TPSA) is 12.0 Å². The number of rotatable bonds is 2. The molecule has 0 aliphatic carbocycles. The van der Waals surface area contributed by atoms with Gasteiger partial charge in [0.15, 0.2) is 0 Å². The first-order valence-electron chi connectivity index (χ1n) is 4.44. The molecule has 0 saturated carbocycles. The number of hydrogen-bond donors (Lipinski definition) is 1. The highest BCUT2D eigenvalue weighted by molar-refractivity contribution is 9.10. The van der Waals surface area contributed by atoms with E-state index in [-0.39, 0.29) is 6.04 Å². The van der Waals surface area contributed by atoms with Crippen LogP contribution in [0.5, 0.6) is 0 Å². The molecule has 0 fully saturated rings. The molecule has 0 aliphatic heterocycles. The normalized spacial score (nSPS) is 11.9. The molecular weight excluding hydrogens is 271 g/mol. The number of anilines is 1. The van der Waals surface area contributed by atoms with E-state index in [9.17, 15) is 13.2 Å². The number of benzene rings is 1. The minimum Gasteiger partial charge on any atom is -0.382 e. The summed E-state index contributed by atoms with van der Waals surface area (Å²) in [6, 6.07) is 3.64. The highest BCUT2D eigenvalue weighted by Crippen LogP contribution is 2.34. The van der Waals surface area contributed by atoms with Gasteiger partial charge in [-0.05, 0) is 48.0 Å². The van der Waals surface area contributed by atoms with E-state index in [0.29, 0.717) is 10.2 Å². The maximum atomic E-state index is 12.4. The van der Waals surface area contributed by atoms with Crippen molar-refractivity contribution < 1.29 is 13.2 Å². The van der Waals surface area contributed by atoms with Gasteiger partial charge in [-0.1, -0.05) is 0 Å². The molecule has 0 aromatic heterocycles. The van der Waals surface area contributed by atoms with Crippen molar-refractivity contribution in [3.8, 4) is 0 Å². The SMILES string of the molecule is CC(C)Nc1cc(C(F)(F)F)ccc1Br. The Hall–Kier alpha value is -0.710. The maximum Gasteiger partial charge on any atom is 0.416 e. The Morgan fingerprint density at radius 2 is 1.87 bits per heavy atom. The van der Waals surface area contributed by atoms with Crippen LogP contribution in [0.2, 0.25) is 0 Å². The Bertz CT molecular complexity index is 347. The molecule has 0 saturated heterocycles. The molecule has 1 rings (SSSR count). The summed E-state index contributed by atoms with van der Waals surface area (Å²) in [4.78, 5) is 0. The zero-order valence-electron chi connectivity index (χ0n) is 8.32. The second-order valence-corrected chi connectivity index (χ2v) is 4.35. The predicted octanol–water partition coefficient (Wildman–Crippen LogP) is 4.29. The summed E-state index contributed by atoms with van der Waals surface area (Å²) < 4.78 is 37.8. The molecule has 0 radical (unpaired) electrons. The molecule has 0 heterocycles. The molecule has 0 atom stereocenters. The summed E-state index contributed by atoms with van der Waals surface area (Å²) in [6.07, 6.45) is -4.30. The minimum absolute atomic E-state index is 0.0878. The predicted molar refractivity (Wildman–Crippen MR) is 57.9 cm³/mol. The average molecular weight is 282 g/mol. The van der Waals surface area contributed by atoms with E-state index in [1.807, 2.05) is 13.8 Å². The summed E-state index contributed by atoms with van der Waals surface area (Å²) >= 11 is 3.20. The molecule has 0 amide bonds. The zero-order chi connectivity index (χ0) is 11.6. The van der Waals surface area contributed by atoms with Gasteiger partial charge in [0.25, 0.3) is 0 Å². The summed E-state index contributed by atoms with van der Waals surface area (Å²) in [6.45, 7) is 3.74. The van der Waals surface area contributed by atoms with Gasteiger partial charge in [-0.3, -0.25) is 0 Å². The van der Waals surface area contributed by atoms with E-state index in [0.717, 1.165) is 12.1 Å². The lowest BCUT2D eigenvalue weighted by atomic mass is 10.2. The number of alkyl halides is 3. The fourth-order valence-electron chi connectivity index (χ4n) is 1.12. The largest absolute Gasteiger partial charge is 0.416 e. The summed E-state index contributed by atoms with van der Waals surface area (Å²) in [5.41, 5.74) is -0.186. The van der Waals surface area contributed by atoms with Crippen LogP contribution in [0.25, 0.3) is 0 Å². The fourth-order valence-corrected chi connectivity index (χ4v) is 1.48. The lowest BCUT2D eigenvalue weighted by Gasteiger charge is -2.14. The van der Waals surface area contributed by atoms with Crippen LogP contribution >= 0.6 is 15.9 Å². The highest BCUT2D eigenvalue weighted by atomic mass is 79.9. The fraction of sp³-hybridized carbons (Fsp3) is 0.400. The van der Waals surface area contributed by atoms with Gasteiger partial charge in [0.1, 0.15) is 0 Å². The Kier molecular flexibility index (Phi) is 3.65. The Morgan fingerprint density at radius 1 is 1.27 bits per heavy atom. The van der Waals surface area contributed by atoms with Crippen molar-refractivity contribution in [2.45, 2.75) is 26.1 Å². The van der Waals surface area contributed by atoms with Gasteiger partial charge in [0, 0.05) is 16.2 Å². The minimum atomic E-state index is -4.30. The van der Waals surface area contributed by atoms with Crippen LogP contribution in [0.1, 0.15) is 19.4 Å². The van der Waals surface area contributed by atoms with Crippen LogP contribution in [0.4, 0.5) is 18.9 Å². The molecule has 0 spiro atoms. The lowest BCUT2D eigenvalue weighted by Crippen LogP contribution is -2.12. The van der Waals surface area contributed by atoms with Gasteiger partial charge < -0.3 is 5.32 Å². The van der Waals surface area contributed by atoms with Crippen molar-refractivity contribution in [2.24, 2.45) is 0 Å². The zero-order valence-corrected chi connectivity index (χ0v) is 9.91. The van der Waals surface area contributed by atoms with Crippen LogP contribution < -0.4 is 5.32 Å². The Labute approximate surface area is 94.8 Å². The van der Waals surface area contributed by atoms with Gasteiger partial charge >= 0.3 is 6.18 Å². The second-order valence-electron chi connectivity index (χ2n) is 3.49. The van der Waals surface area contributed by atoms with Crippen LogP contribution in [-0.2, 0) is 6.18 Å². The molecule has 1 nitrogen and oxygen atoms in total. The van der Waals surface area contributed by atoms with Gasteiger partial charge in [-0.15, -0.1) is 0 Å². The Morgan fingerprint density at radius 3 is 2.33 bits per heavy atom. The first-order chi connectivity index (χ1) is 6.80. The summed E-state index contributed by atoms with van der Waals surface area (Å²) in [5.74, 6) is 0. The van der Waals surface area contributed by atoms with Gasteiger partial charge in [-0.25, -0.2) is 0 Å². The van der Waals surface area contributed by atoms with Crippen LogP contribution in [0.3, 0.4) is 0 Å². The molecular formula is C10H11BrF3N. The Balaban J connectivity index is 3.06. The number of nitrogens with one attached hydrogen (secondary N) is 1. The number of hydrogen-bond acceptors (Lipinski definition) is 1. The van der Waals surface area contributed by atoms with Crippen molar-refractivity contribution in [2.75, 3.05) is 5.32 Å². The van der Waals surface area contributed by atoms with E-state index >= 15 is 0 Å². The van der Waals surface area contributed by atoms with E-state index < -0.39 is 11.7 Å². The third kappa shape index (κ3) is 3.41. The third-order valence-electron chi connectivity index (χ3n) is 1.74. The van der Waals surface area contributed by atoms with Crippen LogP contribution in [0, 0.1) is 0 Å². The van der Waals surface area contributed by atoms with E-state index in [2.05, 4.69) is 21.2 Å². The molecule has 5 heteroatoms. The molecule has 84 valence electrons. The lowest BCUT2D eigenvalue weighted by molar-refractivity contribution is -0.137. The molecule has 15 heavy (non-hydrogen) atoms. The van der Waals surface area contributed by atoms with E-state index in [1.165, 1.54) is 6.07 Å². The molecule has 0 unspecified atom stereocenters. The van der Waals surface area contributed by atoms with Gasteiger partial charge in [0.2, 0.25) is 0 Å². The van der Waals surface area contributed by atoms with Crippen molar-refractivity contribution in [1.29, 1.82) is 0 Å². The maximum absolute atomic E-state index is 12.4. The van der Waals surface area contributed by atoms with Crippen molar-refractivity contribution in [1.82, 2.24) is 0 Å². The molecule has 0 aliphatic rings. The highest BCUT2D eigenvalue weighted by Gasteiger charge is 2.30. The molecule has 1 aromatic carbocycles. The monoisotopic (exact) mass is 281 g/mol. The van der Waals surface area contributed by atoms with Crippen molar-refractivity contribution in [3.63, 3.8) is 0 Å². The third-order valence-corrected chi connectivity index (χ3v) is 2.43. The van der Waals surface area contributed by atoms with E-state index in [4.69, 9.17) is 0 Å². The van der Waals surface area contributed by atoms with Gasteiger partial charge in [-0.2, -0.15) is 13.2 Å². The first-order valence-corrected chi connectivity index (χ1v) is 5.23. The smallest absolute Gasteiger partial charge is 0.382 e. The van der Waals surface area contributed by atoms with Crippen molar-refractivity contribution >= 4 is 21.6 Å². The summed E-state index contributed by atoms with van der Waals surface area (Å²) in [7, 11) is 0. The quantitative estimate of drug-likeness (QED) is 0.853. The average Bonchev–Trinajstić information content (AvgIpc) is 2.06. The van der Waals surface area contributed by atoms with Crippen molar-refractivity contribution in [3.05, 3.63) is 28.2 Å². The standard InChI is InChI=1S/C10H11BrF3N/c1-6(2)15-9-5-7(10(12,13)14)3-4-8(9)11/h3-6,15H,1-2H3. The second kappa shape index (κ2) is 4.43. The summed E-state index contributed by atoms with van der Waals surface area (Å²) in [5, 5.41) is 2.94. The molecule has 0 bridgehead atoms. The molecule has 1 N–H and O–H groups in total.